The van der Waals surface area contributed by atoms with Crippen molar-refractivity contribution in [2.75, 3.05) is 20.7 Å². The first-order valence-electron chi connectivity index (χ1n) is 10.00. The van der Waals surface area contributed by atoms with Gasteiger partial charge >= 0.3 is 0 Å². The molecule has 0 saturated heterocycles. The van der Waals surface area contributed by atoms with Crippen molar-refractivity contribution in [1.29, 1.82) is 0 Å². The molecule has 0 aliphatic carbocycles. The number of rotatable bonds is 8. The van der Waals surface area contributed by atoms with E-state index in [2.05, 4.69) is 0 Å². The van der Waals surface area contributed by atoms with Crippen LogP contribution in [0, 0.1) is 0 Å². The Bertz CT molecular complexity index is 1050. The molecule has 0 unspecified atom stereocenters. The fraction of sp³-hybridized carbons (Fsp3) is 0.364. The molecular formula is C22H27N3O5S. The maximum atomic E-state index is 12.8. The first kappa shape index (κ1) is 22.8. The number of primary amides is 1. The summed E-state index contributed by atoms with van der Waals surface area (Å²) in [6, 6.07) is 13.1. The van der Waals surface area contributed by atoms with Gasteiger partial charge in [0.15, 0.2) is 0 Å². The molecule has 1 atom stereocenters. The van der Waals surface area contributed by atoms with E-state index < -0.39 is 22.0 Å². The second-order valence-corrected chi connectivity index (χ2v) is 9.56. The Balaban J connectivity index is 1.61. The van der Waals surface area contributed by atoms with Crippen LogP contribution in [-0.4, -0.2) is 56.2 Å². The molecule has 1 aliphatic heterocycles. The van der Waals surface area contributed by atoms with Gasteiger partial charge in [0.25, 0.3) is 0 Å². The highest BCUT2D eigenvalue weighted by atomic mass is 32.2. The van der Waals surface area contributed by atoms with E-state index in [1.807, 2.05) is 24.3 Å². The van der Waals surface area contributed by atoms with E-state index in [1.165, 1.54) is 35.5 Å². The van der Waals surface area contributed by atoms with Crippen molar-refractivity contribution in [1.82, 2.24) is 9.21 Å². The minimum atomic E-state index is -3.67. The van der Waals surface area contributed by atoms with Crippen LogP contribution < -0.4 is 10.5 Å². The lowest BCUT2D eigenvalue weighted by Gasteiger charge is -2.35. The van der Waals surface area contributed by atoms with E-state index in [0.29, 0.717) is 25.1 Å². The van der Waals surface area contributed by atoms with E-state index in [1.54, 1.807) is 12.1 Å². The first-order valence-corrected chi connectivity index (χ1v) is 11.4. The second-order valence-electron chi connectivity index (χ2n) is 7.52. The van der Waals surface area contributed by atoms with Crippen LogP contribution in [0.15, 0.2) is 53.4 Å². The highest BCUT2D eigenvalue weighted by Crippen LogP contribution is 2.24. The Kier molecular flexibility index (Phi) is 6.97. The van der Waals surface area contributed by atoms with Crippen molar-refractivity contribution in [3.05, 3.63) is 59.7 Å². The quantitative estimate of drug-likeness (QED) is 0.663. The maximum absolute atomic E-state index is 12.8. The van der Waals surface area contributed by atoms with Crippen LogP contribution >= 0.6 is 0 Å². The summed E-state index contributed by atoms with van der Waals surface area (Å²) in [5.74, 6) is -0.185. The van der Waals surface area contributed by atoms with Gasteiger partial charge in [-0.15, -0.1) is 0 Å². The molecule has 0 bridgehead atoms. The van der Waals surface area contributed by atoms with Gasteiger partial charge in [0, 0.05) is 33.0 Å². The molecule has 3 rings (SSSR count). The van der Waals surface area contributed by atoms with Crippen LogP contribution in [0.4, 0.5) is 0 Å². The third-order valence-electron chi connectivity index (χ3n) is 5.53. The van der Waals surface area contributed by atoms with Crippen molar-refractivity contribution in [3.8, 4) is 5.75 Å². The molecule has 0 spiro atoms. The van der Waals surface area contributed by atoms with Gasteiger partial charge in [-0.2, -0.15) is 0 Å². The standard InChI is InChI=1S/C22H27N3O5S/c1-24(31(28,29)19-11-9-18(30-2)10-12-19)13-5-8-21(26)25-15-17-7-4-3-6-16(17)14-20(25)22(23)27/h3-4,6-7,9-12,20H,5,8,13-15H2,1-2H3,(H2,23,27)/t20-/m1/s1. The number of amides is 2. The van der Waals surface area contributed by atoms with Crippen LogP contribution in [0.3, 0.4) is 0 Å². The molecule has 2 aromatic rings. The Morgan fingerprint density at radius 2 is 1.77 bits per heavy atom. The molecule has 0 radical (unpaired) electrons. The Morgan fingerprint density at radius 1 is 1.13 bits per heavy atom. The highest BCUT2D eigenvalue weighted by molar-refractivity contribution is 7.89. The topological polar surface area (TPSA) is 110 Å². The van der Waals surface area contributed by atoms with Gasteiger partial charge in [-0.05, 0) is 41.8 Å². The molecule has 166 valence electrons. The van der Waals surface area contributed by atoms with Crippen molar-refractivity contribution in [3.63, 3.8) is 0 Å². The first-order chi connectivity index (χ1) is 14.7. The summed E-state index contributed by atoms with van der Waals surface area (Å²) in [5.41, 5.74) is 7.55. The minimum Gasteiger partial charge on any atom is -0.497 e. The summed E-state index contributed by atoms with van der Waals surface area (Å²) in [7, 11) is -0.682. The molecule has 2 N–H and O–H groups in total. The molecule has 0 aromatic heterocycles. The number of benzene rings is 2. The van der Waals surface area contributed by atoms with E-state index in [0.717, 1.165) is 11.1 Å². The lowest BCUT2D eigenvalue weighted by atomic mass is 9.93. The lowest BCUT2D eigenvalue weighted by molar-refractivity contribution is -0.140. The average molecular weight is 446 g/mol. The van der Waals surface area contributed by atoms with Crippen molar-refractivity contribution < 1.29 is 22.7 Å². The normalized spacial score (nSPS) is 16.1. The smallest absolute Gasteiger partial charge is 0.242 e. The van der Waals surface area contributed by atoms with Crippen LogP contribution in [0.25, 0.3) is 0 Å². The number of methoxy groups -OCH3 is 1. The molecule has 2 amide bonds. The van der Waals surface area contributed by atoms with Gasteiger partial charge in [0.2, 0.25) is 21.8 Å². The van der Waals surface area contributed by atoms with Crippen LogP contribution in [0.5, 0.6) is 5.75 Å². The van der Waals surface area contributed by atoms with Crippen LogP contribution in [0.1, 0.15) is 24.0 Å². The predicted molar refractivity (Wildman–Crippen MR) is 116 cm³/mol. The molecule has 1 aliphatic rings. The van der Waals surface area contributed by atoms with E-state index >= 15 is 0 Å². The number of carbonyl (C=O) groups is 2. The fourth-order valence-corrected chi connectivity index (χ4v) is 4.89. The highest BCUT2D eigenvalue weighted by Gasteiger charge is 2.33. The van der Waals surface area contributed by atoms with Gasteiger partial charge in [0.05, 0.1) is 12.0 Å². The third-order valence-corrected chi connectivity index (χ3v) is 7.40. The molecule has 2 aromatic carbocycles. The number of nitrogens with two attached hydrogens (primary N) is 1. The number of sulfonamides is 1. The molecule has 9 heteroatoms. The van der Waals surface area contributed by atoms with E-state index in [9.17, 15) is 18.0 Å². The van der Waals surface area contributed by atoms with Gasteiger partial charge in [0.1, 0.15) is 11.8 Å². The zero-order valence-electron chi connectivity index (χ0n) is 17.7. The van der Waals surface area contributed by atoms with Crippen molar-refractivity contribution in [2.24, 2.45) is 5.73 Å². The molecule has 0 saturated carbocycles. The Morgan fingerprint density at radius 3 is 2.39 bits per heavy atom. The van der Waals surface area contributed by atoms with Crippen molar-refractivity contribution in [2.45, 2.75) is 36.7 Å². The monoisotopic (exact) mass is 445 g/mol. The number of nitrogens with zero attached hydrogens (tertiary/aromatic N) is 2. The predicted octanol–water partition coefficient (Wildman–Crippen LogP) is 1.53. The average Bonchev–Trinajstić information content (AvgIpc) is 2.77. The Labute approximate surface area is 182 Å². The number of hydrogen-bond acceptors (Lipinski definition) is 5. The molecule has 0 fully saturated rings. The van der Waals surface area contributed by atoms with Gasteiger partial charge < -0.3 is 15.4 Å². The van der Waals surface area contributed by atoms with Gasteiger partial charge in [-0.3, -0.25) is 9.59 Å². The van der Waals surface area contributed by atoms with Crippen molar-refractivity contribution >= 4 is 21.8 Å². The van der Waals surface area contributed by atoms with Crippen LogP contribution in [0.2, 0.25) is 0 Å². The largest absolute Gasteiger partial charge is 0.497 e. The summed E-state index contributed by atoms with van der Waals surface area (Å²) < 4.78 is 31.7. The van der Waals surface area contributed by atoms with Crippen LogP contribution in [-0.2, 0) is 32.6 Å². The number of ether oxygens (including phenoxy) is 1. The maximum Gasteiger partial charge on any atom is 0.242 e. The fourth-order valence-electron chi connectivity index (χ4n) is 3.68. The number of hydrogen-bond donors (Lipinski definition) is 1. The van der Waals surface area contributed by atoms with Gasteiger partial charge in [-0.25, -0.2) is 12.7 Å². The number of carbonyl (C=O) groups excluding carboxylic acids is 2. The summed E-state index contributed by atoms with van der Waals surface area (Å²) in [5, 5.41) is 0. The molecule has 8 nitrogen and oxygen atoms in total. The molecular weight excluding hydrogens is 418 g/mol. The third kappa shape index (κ3) is 5.05. The zero-order valence-corrected chi connectivity index (χ0v) is 18.5. The zero-order chi connectivity index (χ0) is 22.6. The minimum absolute atomic E-state index is 0.119. The van der Waals surface area contributed by atoms with E-state index in [-0.39, 0.29) is 23.8 Å². The lowest BCUT2D eigenvalue weighted by Crippen LogP contribution is -2.51. The summed E-state index contributed by atoms with van der Waals surface area (Å²) >= 11 is 0. The SMILES string of the molecule is COc1ccc(S(=O)(=O)N(C)CCCC(=O)N2Cc3ccccc3C[C@@H]2C(N)=O)cc1. The second kappa shape index (κ2) is 9.49. The number of fused-ring (bicyclic) bond motifs is 1. The summed E-state index contributed by atoms with van der Waals surface area (Å²) in [6.45, 7) is 0.494. The summed E-state index contributed by atoms with van der Waals surface area (Å²) in [6.07, 6.45) is 0.839. The summed E-state index contributed by atoms with van der Waals surface area (Å²) in [4.78, 5) is 26.4. The molecule has 1 heterocycles. The van der Waals surface area contributed by atoms with E-state index in [4.69, 9.17) is 10.5 Å². The van der Waals surface area contributed by atoms with Gasteiger partial charge in [-0.1, -0.05) is 24.3 Å². The Hall–Kier alpha value is -2.91. The molecule has 31 heavy (non-hydrogen) atoms.